The molecule has 0 radical (unpaired) electrons. The van der Waals surface area contributed by atoms with Gasteiger partial charge < -0.3 is 29.5 Å². The average molecular weight is 394 g/mol. The number of imide groups is 2. The van der Waals surface area contributed by atoms with E-state index in [1.54, 1.807) is 25.1 Å². The van der Waals surface area contributed by atoms with Gasteiger partial charge in [0.2, 0.25) is 0 Å². The summed E-state index contributed by atoms with van der Waals surface area (Å²) in [6, 6.07) is 5.52. The van der Waals surface area contributed by atoms with Crippen LogP contribution in [0.15, 0.2) is 24.3 Å². The molecule has 1 aromatic carbocycles. The Morgan fingerprint density at radius 2 is 1.86 bits per heavy atom. The Balaban J connectivity index is 1.71. The van der Waals surface area contributed by atoms with Crippen LogP contribution in [0.1, 0.15) is 5.56 Å². The lowest BCUT2D eigenvalue weighted by Crippen LogP contribution is -2.69. The van der Waals surface area contributed by atoms with Gasteiger partial charge in [-0.15, -0.1) is 0 Å². The molecular formula is C17H18N2O9. The lowest BCUT2D eigenvalue weighted by molar-refractivity contribution is -0.256. The van der Waals surface area contributed by atoms with Gasteiger partial charge in [-0.2, -0.15) is 0 Å². The number of hydrogen-bond donors (Lipinski definition) is 4. The topological polar surface area (TPSA) is 155 Å². The number of amides is 4. The molecule has 3 heterocycles. The zero-order valence-corrected chi connectivity index (χ0v) is 14.6. The van der Waals surface area contributed by atoms with E-state index in [1.165, 1.54) is 6.07 Å². The molecule has 4 N–H and O–H groups in total. The van der Waals surface area contributed by atoms with Gasteiger partial charge in [0.1, 0.15) is 24.4 Å². The minimum absolute atomic E-state index is 0.216. The van der Waals surface area contributed by atoms with Crippen molar-refractivity contribution in [3.63, 3.8) is 0 Å². The van der Waals surface area contributed by atoms with Gasteiger partial charge in [-0.1, -0.05) is 18.2 Å². The fourth-order valence-electron chi connectivity index (χ4n) is 3.47. The summed E-state index contributed by atoms with van der Waals surface area (Å²) in [6.07, 6.45) is -7.14. The predicted octanol–water partition coefficient (Wildman–Crippen LogP) is -1.87. The van der Waals surface area contributed by atoms with E-state index >= 15 is 0 Å². The second kappa shape index (κ2) is 6.58. The summed E-state index contributed by atoms with van der Waals surface area (Å²) in [5.74, 6) is -4.88. The van der Waals surface area contributed by atoms with E-state index in [2.05, 4.69) is 0 Å². The third kappa shape index (κ3) is 2.56. The number of carbonyl (C=O) groups is 3. The van der Waals surface area contributed by atoms with Gasteiger partial charge in [0.25, 0.3) is 5.91 Å². The number of aliphatic hydroxyl groups is 3. The largest absolute Gasteiger partial charge is 0.394 e. The maximum Gasteiger partial charge on any atom is 0.336 e. The van der Waals surface area contributed by atoms with E-state index in [9.17, 15) is 29.7 Å². The molecule has 6 atom stereocenters. The zero-order chi connectivity index (χ0) is 20.2. The van der Waals surface area contributed by atoms with Crippen molar-refractivity contribution in [3.05, 3.63) is 29.8 Å². The van der Waals surface area contributed by atoms with Crippen LogP contribution in [0.25, 0.3) is 0 Å². The first-order valence-electron chi connectivity index (χ1n) is 8.54. The molecule has 0 aliphatic carbocycles. The Hall–Kier alpha value is -2.41. The zero-order valence-electron chi connectivity index (χ0n) is 14.6. The minimum atomic E-state index is -2.59. The molecule has 0 bridgehead atoms. The van der Waals surface area contributed by atoms with E-state index in [0.29, 0.717) is 10.5 Å². The first kappa shape index (κ1) is 18.9. The van der Waals surface area contributed by atoms with Crippen molar-refractivity contribution >= 4 is 23.5 Å². The monoisotopic (exact) mass is 394 g/mol. The van der Waals surface area contributed by atoms with Crippen molar-refractivity contribution in [2.24, 2.45) is 0 Å². The highest BCUT2D eigenvalue weighted by molar-refractivity contribution is 6.31. The Kier molecular flexibility index (Phi) is 4.45. The van der Waals surface area contributed by atoms with Crippen LogP contribution in [-0.4, -0.2) is 76.3 Å². The Morgan fingerprint density at radius 3 is 2.54 bits per heavy atom. The highest BCUT2D eigenvalue weighted by Crippen LogP contribution is 2.40. The number of aryl methyl sites for hydroxylation is 1. The molecule has 3 aliphatic rings. The van der Waals surface area contributed by atoms with Gasteiger partial charge in [0.15, 0.2) is 6.29 Å². The normalized spacial score (nSPS) is 37.9. The number of barbiturate groups is 1. The van der Waals surface area contributed by atoms with Crippen LogP contribution < -0.4 is 10.2 Å². The summed E-state index contributed by atoms with van der Waals surface area (Å²) in [4.78, 5) is 38.7. The van der Waals surface area contributed by atoms with Gasteiger partial charge in [-0.3, -0.25) is 14.9 Å². The van der Waals surface area contributed by atoms with Crippen molar-refractivity contribution in [3.8, 4) is 0 Å². The minimum Gasteiger partial charge on any atom is -0.394 e. The molecule has 4 amide bonds. The second-order valence-electron chi connectivity index (χ2n) is 6.71. The highest BCUT2D eigenvalue weighted by atomic mass is 16.8. The maximum atomic E-state index is 13.2. The fourth-order valence-corrected chi connectivity index (χ4v) is 3.47. The maximum absolute atomic E-state index is 13.2. The summed E-state index contributed by atoms with van der Waals surface area (Å²) >= 11 is 0. The number of fused-ring (bicyclic) bond motifs is 1. The number of nitrogens with zero attached hydrogens (tertiary/aromatic N) is 1. The Morgan fingerprint density at radius 1 is 1.14 bits per heavy atom. The van der Waals surface area contributed by atoms with Crippen molar-refractivity contribution < 1.29 is 43.9 Å². The number of benzene rings is 1. The van der Waals surface area contributed by atoms with Crippen LogP contribution in [0, 0.1) is 6.92 Å². The number of rotatable bonds is 2. The standard InChI is InChI=1S/C17H18N2O9/c1-7-4-2-3-5-8(7)19-15(24)17(14(23)18-16(19)25)27-12-11(22)10(21)9(6-20)26-13(12)28-17/h2-5,9-13,20-22H,6H2,1H3,(H,18,23,25)/t9-,10+,11+,12-,13-,17?/m1/s1. The lowest BCUT2D eigenvalue weighted by Gasteiger charge is -2.36. The molecule has 1 aromatic rings. The molecule has 1 spiro atoms. The Bertz CT molecular complexity index is 846. The number of carbonyl (C=O) groups excluding carboxylic acids is 3. The first-order valence-corrected chi connectivity index (χ1v) is 8.54. The molecule has 1 unspecified atom stereocenters. The van der Waals surface area contributed by atoms with E-state index in [-0.39, 0.29) is 5.69 Å². The molecule has 28 heavy (non-hydrogen) atoms. The van der Waals surface area contributed by atoms with E-state index in [0.717, 1.165) is 0 Å². The van der Waals surface area contributed by atoms with Gasteiger partial charge in [-0.05, 0) is 18.6 Å². The molecule has 11 nitrogen and oxygen atoms in total. The molecule has 3 aliphatic heterocycles. The van der Waals surface area contributed by atoms with Crippen molar-refractivity contribution in [2.75, 3.05) is 11.5 Å². The quantitative estimate of drug-likeness (QED) is 0.422. The number of anilines is 1. The van der Waals surface area contributed by atoms with Gasteiger partial charge in [0.05, 0.1) is 12.3 Å². The van der Waals surface area contributed by atoms with Crippen LogP contribution in [0.3, 0.4) is 0 Å². The smallest absolute Gasteiger partial charge is 0.336 e. The lowest BCUT2D eigenvalue weighted by atomic mass is 9.99. The number of hydrogen-bond acceptors (Lipinski definition) is 9. The summed E-state index contributed by atoms with van der Waals surface area (Å²) in [5, 5.41) is 31.5. The highest BCUT2D eigenvalue weighted by Gasteiger charge is 2.67. The summed E-state index contributed by atoms with van der Waals surface area (Å²) in [6.45, 7) is 1.04. The molecule has 3 saturated heterocycles. The molecule has 11 heteroatoms. The summed E-state index contributed by atoms with van der Waals surface area (Å²) in [5.41, 5.74) is 0.798. The van der Waals surface area contributed by atoms with Crippen LogP contribution in [0.2, 0.25) is 0 Å². The second-order valence-corrected chi connectivity index (χ2v) is 6.71. The molecule has 3 fully saturated rings. The summed E-state index contributed by atoms with van der Waals surface area (Å²) in [7, 11) is 0. The number of urea groups is 1. The van der Waals surface area contributed by atoms with Crippen molar-refractivity contribution in [2.45, 2.75) is 43.4 Å². The number of aliphatic hydroxyl groups excluding tert-OH is 3. The van der Waals surface area contributed by atoms with Crippen molar-refractivity contribution in [1.29, 1.82) is 0 Å². The molecule has 0 saturated carbocycles. The van der Waals surface area contributed by atoms with E-state index < -0.39 is 60.9 Å². The van der Waals surface area contributed by atoms with Crippen LogP contribution in [0.4, 0.5) is 10.5 Å². The van der Waals surface area contributed by atoms with Gasteiger partial charge in [0, 0.05) is 0 Å². The van der Waals surface area contributed by atoms with Gasteiger partial charge in [-0.25, -0.2) is 9.69 Å². The molecule has 150 valence electrons. The van der Waals surface area contributed by atoms with Gasteiger partial charge >= 0.3 is 17.7 Å². The van der Waals surface area contributed by atoms with E-state index in [1.807, 2.05) is 5.32 Å². The molecular weight excluding hydrogens is 376 g/mol. The SMILES string of the molecule is Cc1ccccc1N1C(=O)NC(=O)C2(O[C@H]3O[C@H](CO)[C@H](O)[C@H](O)[C@H]3O2)C1=O. The van der Waals surface area contributed by atoms with E-state index in [4.69, 9.17) is 14.2 Å². The Labute approximate surface area is 158 Å². The first-order chi connectivity index (χ1) is 13.3. The fraction of sp³-hybridized carbons (Fsp3) is 0.471. The van der Waals surface area contributed by atoms with Crippen molar-refractivity contribution in [1.82, 2.24) is 5.32 Å². The summed E-state index contributed by atoms with van der Waals surface area (Å²) < 4.78 is 16.2. The average Bonchev–Trinajstić information content (AvgIpc) is 3.06. The van der Waals surface area contributed by atoms with Crippen LogP contribution in [0.5, 0.6) is 0 Å². The number of nitrogens with one attached hydrogen (secondary N) is 1. The molecule has 4 rings (SSSR count). The number of para-hydroxylation sites is 1. The third-order valence-electron chi connectivity index (χ3n) is 4.97. The van der Waals surface area contributed by atoms with Crippen LogP contribution in [-0.2, 0) is 23.8 Å². The molecule has 0 aromatic heterocycles. The number of ether oxygens (including phenoxy) is 3. The third-order valence-corrected chi connectivity index (χ3v) is 4.97. The predicted molar refractivity (Wildman–Crippen MR) is 88.7 cm³/mol. The van der Waals surface area contributed by atoms with Crippen LogP contribution >= 0.6 is 0 Å².